The number of nitrogens with zero attached hydrogens (tertiary/aromatic N) is 1. The molecule has 1 fully saturated rings. The zero-order valence-electron chi connectivity index (χ0n) is 21.9. The Kier molecular flexibility index (Phi) is 8.04. The van der Waals surface area contributed by atoms with E-state index in [4.69, 9.17) is 4.98 Å². The molecule has 4 rings (SSSR count). The van der Waals surface area contributed by atoms with Gasteiger partial charge in [0.1, 0.15) is 5.82 Å². The average molecular weight is 534 g/mol. The number of likely N-dealkylation sites (N-methyl/N-ethyl adjacent to an activating group) is 1. The summed E-state index contributed by atoms with van der Waals surface area (Å²) in [6, 6.07) is 5.48. The maximum atomic E-state index is 13.6. The van der Waals surface area contributed by atoms with E-state index in [2.05, 4.69) is 17.6 Å². The lowest BCUT2D eigenvalue weighted by Gasteiger charge is -2.58. The Bertz CT molecular complexity index is 1160. The molecule has 1 aromatic carbocycles. The molecule has 2 aliphatic rings. The van der Waals surface area contributed by atoms with Crippen molar-refractivity contribution in [1.82, 2.24) is 10.3 Å². The van der Waals surface area contributed by atoms with Crippen LogP contribution >= 0.6 is 11.3 Å². The normalized spacial score (nSPS) is 28.9. The molecule has 5 N–H and O–H groups in total. The van der Waals surface area contributed by atoms with Gasteiger partial charge in [0.2, 0.25) is 5.91 Å². The van der Waals surface area contributed by atoms with Crippen LogP contribution in [0.2, 0.25) is 0 Å². The smallest absolute Gasteiger partial charge is 0.257 e. The molecule has 0 aliphatic heterocycles. The number of aliphatic hydroxyl groups is 2. The van der Waals surface area contributed by atoms with Crippen LogP contribution in [-0.2, 0) is 11.2 Å². The second kappa shape index (κ2) is 10.8. The number of amides is 2. The lowest BCUT2D eigenvalue weighted by atomic mass is 9.47. The lowest BCUT2D eigenvalue weighted by Crippen LogP contribution is -3.06. The third-order valence-corrected chi connectivity index (χ3v) is 9.55. The number of thiazole rings is 1. The van der Waals surface area contributed by atoms with E-state index in [9.17, 15) is 24.2 Å². The maximum Gasteiger partial charge on any atom is 0.257 e. The number of aliphatic hydroxyl groups excluding tert-OH is 2. The number of fused-ring (bicyclic) bond motifs is 2. The van der Waals surface area contributed by atoms with E-state index in [-0.39, 0.29) is 41.7 Å². The highest BCUT2D eigenvalue weighted by molar-refractivity contribution is 7.15. The SMILES string of the molecule is C[NH+](C)CCNC(=O)C[C@@H]1c2nc(NC(=O)c3cccc(F)c3)sc2C[C@@H]2[C@](C)(CO)[C@H](O)CC[C@]21C. The number of hydrogen-bond donors (Lipinski definition) is 5. The minimum absolute atomic E-state index is 0.0609. The summed E-state index contributed by atoms with van der Waals surface area (Å²) >= 11 is 1.35. The summed E-state index contributed by atoms with van der Waals surface area (Å²) in [6.45, 7) is 5.29. The van der Waals surface area contributed by atoms with Crippen molar-refractivity contribution in [3.05, 3.63) is 46.2 Å². The van der Waals surface area contributed by atoms with Gasteiger partial charge in [-0.2, -0.15) is 0 Å². The molecule has 1 heterocycles. The Morgan fingerprint density at radius 2 is 2.05 bits per heavy atom. The Balaban J connectivity index is 1.66. The molecular weight excluding hydrogens is 495 g/mol. The van der Waals surface area contributed by atoms with E-state index in [0.717, 1.165) is 17.1 Å². The summed E-state index contributed by atoms with van der Waals surface area (Å²) in [5.41, 5.74) is -0.0962. The predicted molar refractivity (Wildman–Crippen MR) is 140 cm³/mol. The number of benzene rings is 1. The highest BCUT2D eigenvalue weighted by Gasteiger charge is 2.59. The molecule has 1 aromatic heterocycles. The molecule has 2 amide bonds. The van der Waals surface area contributed by atoms with Crippen LogP contribution in [0.4, 0.5) is 9.52 Å². The quantitative estimate of drug-likeness (QED) is 0.354. The fourth-order valence-electron chi connectivity index (χ4n) is 6.21. The summed E-state index contributed by atoms with van der Waals surface area (Å²) in [4.78, 5) is 32.8. The fraction of sp³-hybridized carbons (Fsp3) is 0.593. The van der Waals surface area contributed by atoms with Crippen LogP contribution < -0.4 is 15.5 Å². The molecule has 1 saturated carbocycles. The van der Waals surface area contributed by atoms with Gasteiger partial charge in [-0.05, 0) is 48.8 Å². The molecule has 0 bridgehead atoms. The third-order valence-electron chi connectivity index (χ3n) is 8.54. The van der Waals surface area contributed by atoms with Crippen molar-refractivity contribution in [2.75, 3.05) is 39.1 Å². The fourth-order valence-corrected chi connectivity index (χ4v) is 7.27. The van der Waals surface area contributed by atoms with Gasteiger partial charge in [-0.25, -0.2) is 9.37 Å². The van der Waals surface area contributed by atoms with E-state index in [1.807, 2.05) is 21.0 Å². The highest BCUT2D eigenvalue weighted by Crippen LogP contribution is 2.62. The van der Waals surface area contributed by atoms with Gasteiger partial charge in [0.05, 0.1) is 45.6 Å². The Labute approximate surface area is 221 Å². The number of carbonyl (C=O) groups excluding carboxylic acids is 2. The molecule has 202 valence electrons. The number of quaternary nitrogens is 1. The number of carbonyl (C=O) groups is 2. The van der Waals surface area contributed by atoms with Crippen molar-refractivity contribution in [3.63, 3.8) is 0 Å². The first kappa shape index (κ1) is 27.6. The summed E-state index contributed by atoms with van der Waals surface area (Å²) in [7, 11) is 4.06. The second-order valence-electron chi connectivity index (χ2n) is 11.3. The minimum Gasteiger partial charge on any atom is -0.396 e. The van der Waals surface area contributed by atoms with Gasteiger partial charge in [0, 0.05) is 28.2 Å². The average Bonchev–Trinajstić information content (AvgIpc) is 3.24. The molecule has 0 unspecified atom stereocenters. The molecule has 8 nitrogen and oxygen atoms in total. The first-order valence-electron chi connectivity index (χ1n) is 12.9. The van der Waals surface area contributed by atoms with Crippen LogP contribution in [0.1, 0.15) is 60.0 Å². The van der Waals surface area contributed by atoms with Crippen LogP contribution in [0.15, 0.2) is 24.3 Å². The van der Waals surface area contributed by atoms with E-state index in [1.165, 1.54) is 40.5 Å². The molecular formula is C27H38FN4O4S+. The molecule has 0 radical (unpaired) electrons. The number of hydrogen-bond acceptors (Lipinski definition) is 6. The van der Waals surface area contributed by atoms with Crippen molar-refractivity contribution < 1.29 is 29.1 Å². The molecule has 10 heteroatoms. The van der Waals surface area contributed by atoms with Crippen molar-refractivity contribution >= 4 is 28.3 Å². The second-order valence-corrected chi connectivity index (χ2v) is 12.4. The van der Waals surface area contributed by atoms with Crippen LogP contribution in [0, 0.1) is 22.6 Å². The van der Waals surface area contributed by atoms with Crippen molar-refractivity contribution in [2.45, 2.75) is 51.6 Å². The predicted octanol–water partition coefficient (Wildman–Crippen LogP) is 1.60. The largest absolute Gasteiger partial charge is 0.396 e. The summed E-state index contributed by atoms with van der Waals surface area (Å²) in [6.07, 6.45) is 1.43. The lowest BCUT2D eigenvalue weighted by molar-refractivity contribution is -0.856. The van der Waals surface area contributed by atoms with Crippen LogP contribution in [0.3, 0.4) is 0 Å². The van der Waals surface area contributed by atoms with Gasteiger partial charge in [0.15, 0.2) is 5.13 Å². The Morgan fingerprint density at radius 1 is 1.30 bits per heavy atom. The minimum atomic E-state index is -0.720. The molecule has 37 heavy (non-hydrogen) atoms. The van der Waals surface area contributed by atoms with Crippen LogP contribution in [0.25, 0.3) is 0 Å². The molecule has 2 aromatic rings. The van der Waals surface area contributed by atoms with Crippen LogP contribution in [0.5, 0.6) is 0 Å². The molecule has 0 saturated heterocycles. The number of rotatable bonds is 8. The van der Waals surface area contributed by atoms with Crippen molar-refractivity contribution in [3.8, 4) is 0 Å². The Hall–Kier alpha value is -2.40. The van der Waals surface area contributed by atoms with Crippen LogP contribution in [-0.4, -0.2) is 66.9 Å². The van der Waals surface area contributed by atoms with Crippen molar-refractivity contribution in [2.24, 2.45) is 16.7 Å². The van der Waals surface area contributed by atoms with Gasteiger partial charge in [0.25, 0.3) is 5.91 Å². The maximum absolute atomic E-state index is 13.6. The van der Waals surface area contributed by atoms with Gasteiger partial charge >= 0.3 is 0 Å². The van der Waals surface area contributed by atoms with E-state index in [0.29, 0.717) is 30.9 Å². The molecule has 0 spiro atoms. The summed E-state index contributed by atoms with van der Waals surface area (Å²) in [5, 5.41) is 27.5. The number of aromatic nitrogens is 1. The van der Waals surface area contributed by atoms with Gasteiger partial charge in [-0.3, -0.25) is 14.9 Å². The molecule has 2 aliphatic carbocycles. The number of nitrogens with one attached hydrogen (secondary N) is 3. The van der Waals surface area contributed by atoms with E-state index >= 15 is 0 Å². The van der Waals surface area contributed by atoms with Gasteiger partial charge < -0.3 is 20.4 Å². The molecule has 5 atom stereocenters. The first-order chi connectivity index (χ1) is 17.5. The number of anilines is 1. The zero-order valence-corrected chi connectivity index (χ0v) is 22.8. The Morgan fingerprint density at radius 3 is 2.73 bits per heavy atom. The summed E-state index contributed by atoms with van der Waals surface area (Å²) < 4.78 is 13.6. The topological polar surface area (TPSA) is 116 Å². The summed E-state index contributed by atoms with van der Waals surface area (Å²) in [5.74, 6) is -1.31. The standard InChI is InChI=1S/C27H37FN4O4S/c1-26-9-8-21(34)27(2,15-33)20(26)14-19-23(18(26)13-22(35)29-10-11-32(3)4)30-25(37-19)31-24(36)16-6-5-7-17(28)12-16/h5-7,12,18,20-21,33-34H,8-11,13-15H2,1-4H3,(H,29,35)(H,30,31,36)/p+1/t18-,20+,21-,26+,27+/m1/s1. The third kappa shape index (κ3) is 5.43. The monoisotopic (exact) mass is 533 g/mol. The van der Waals surface area contributed by atoms with Gasteiger partial charge in [-0.1, -0.05) is 19.9 Å². The van der Waals surface area contributed by atoms with E-state index in [1.54, 1.807) is 0 Å². The van der Waals surface area contributed by atoms with Gasteiger partial charge in [-0.15, -0.1) is 11.3 Å². The first-order valence-corrected chi connectivity index (χ1v) is 13.7. The highest BCUT2D eigenvalue weighted by atomic mass is 32.1. The number of halogens is 1. The van der Waals surface area contributed by atoms with E-state index < -0.39 is 23.2 Å². The zero-order chi connectivity index (χ0) is 27.0. The van der Waals surface area contributed by atoms with Crippen molar-refractivity contribution in [1.29, 1.82) is 0 Å².